The lowest BCUT2D eigenvalue weighted by atomic mass is 9.86. The number of carbonyl (C=O) groups excluding carboxylic acids is 1. The first-order chi connectivity index (χ1) is 11.8. The third-order valence-corrected chi connectivity index (χ3v) is 4.94. The summed E-state index contributed by atoms with van der Waals surface area (Å²) in [5.74, 6) is 1.82. The molecule has 5 nitrogen and oxygen atoms in total. The van der Waals surface area contributed by atoms with Gasteiger partial charge in [-0.05, 0) is 49.8 Å². The number of carbonyl (C=O) groups is 1. The second-order valence-corrected chi connectivity index (χ2v) is 8.03. The van der Waals surface area contributed by atoms with Gasteiger partial charge < -0.3 is 4.90 Å². The van der Waals surface area contributed by atoms with Gasteiger partial charge in [-0.3, -0.25) is 4.79 Å². The van der Waals surface area contributed by atoms with E-state index in [2.05, 4.69) is 43.0 Å². The van der Waals surface area contributed by atoms with Gasteiger partial charge in [0.15, 0.2) is 0 Å². The zero-order chi connectivity index (χ0) is 18.2. The largest absolute Gasteiger partial charge is 0.337 e. The van der Waals surface area contributed by atoms with Gasteiger partial charge in [0.25, 0.3) is 5.91 Å². The van der Waals surface area contributed by atoms with E-state index in [-0.39, 0.29) is 17.4 Å². The molecule has 1 amide bonds. The molecule has 2 heterocycles. The number of aromatic nitrogens is 3. The summed E-state index contributed by atoms with van der Waals surface area (Å²) in [5.41, 5.74) is 2.11. The second kappa shape index (κ2) is 6.62. The van der Waals surface area contributed by atoms with Crippen molar-refractivity contribution in [3.8, 4) is 0 Å². The highest BCUT2D eigenvalue weighted by atomic mass is 16.2. The van der Waals surface area contributed by atoms with Crippen LogP contribution < -0.4 is 0 Å². The number of hydrogen-bond donors (Lipinski definition) is 0. The lowest BCUT2D eigenvalue weighted by Crippen LogP contribution is -2.41. The minimum absolute atomic E-state index is 0.0975. The highest BCUT2D eigenvalue weighted by molar-refractivity contribution is 5.94. The maximum Gasteiger partial charge on any atom is 0.253 e. The molecular weight excluding hydrogens is 312 g/mol. The molecule has 0 saturated carbocycles. The lowest BCUT2D eigenvalue weighted by Gasteiger charge is -2.33. The number of benzene rings is 1. The molecule has 25 heavy (non-hydrogen) atoms. The molecule has 5 heteroatoms. The van der Waals surface area contributed by atoms with Gasteiger partial charge in [-0.1, -0.05) is 32.9 Å². The molecule has 0 radical (unpaired) electrons. The van der Waals surface area contributed by atoms with Crippen molar-refractivity contribution >= 4 is 5.91 Å². The Morgan fingerprint density at radius 1 is 1.16 bits per heavy atom. The van der Waals surface area contributed by atoms with Gasteiger partial charge in [0.2, 0.25) is 0 Å². The van der Waals surface area contributed by atoms with Crippen molar-refractivity contribution < 1.29 is 4.79 Å². The van der Waals surface area contributed by atoms with Gasteiger partial charge in [-0.15, -0.1) is 0 Å². The maximum absolute atomic E-state index is 12.9. The Balaban J connectivity index is 1.75. The van der Waals surface area contributed by atoms with Crippen molar-refractivity contribution in [2.24, 2.45) is 0 Å². The second-order valence-electron chi connectivity index (χ2n) is 8.03. The normalized spacial score (nSPS) is 18.4. The van der Waals surface area contributed by atoms with Crippen LogP contribution in [0.2, 0.25) is 0 Å². The Kier molecular flexibility index (Phi) is 4.67. The van der Waals surface area contributed by atoms with E-state index in [1.165, 1.54) is 5.56 Å². The van der Waals surface area contributed by atoms with E-state index in [9.17, 15) is 4.79 Å². The summed E-state index contributed by atoms with van der Waals surface area (Å²) in [6, 6.07) is 8.27. The summed E-state index contributed by atoms with van der Waals surface area (Å²) in [6.07, 6.45) is 2.03. The molecular formula is C20H28N4O. The molecule has 0 aliphatic carbocycles. The zero-order valence-electron chi connectivity index (χ0n) is 15.9. The highest BCUT2D eigenvalue weighted by Crippen LogP contribution is 2.25. The Hall–Kier alpha value is -2.17. The number of amides is 1. The summed E-state index contributed by atoms with van der Waals surface area (Å²) in [4.78, 5) is 19.3. The number of rotatable bonds is 2. The van der Waals surface area contributed by atoms with Gasteiger partial charge in [0.1, 0.15) is 11.6 Å². The summed E-state index contributed by atoms with van der Waals surface area (Å²) in [7, 11) is 0. The highest BCUT2D eigenvalue weighted by Gasteiger charge is 2.27. The van der Waals surface area contributed by atoms with E-state index >= 15 is 0 Å². The van der Waals surface area contributed by atoms with E-state index < -0.39 is 0 Å². The van der Waals surface area contributed by atoms with Gasteiger partial charge >= 0.3 is 0 Å². The Labute approximate surface area is 150 Å². The lowest BCUT2D eigenvalue weighted by molar-refractivity contribution is 0.0671. The zero-order valence-corrected chi connectivity index (χ0v) is 15.9. The monoisotopic (exact) mass is 340 g/mol. The van der Waals surface area contributed by atoms with Crippen LogP contribution in [0.4, 0.5) is 0 Å². The Bertz CT molecular complexity index is 755. The summed E-state index contributed by atoms with van der Waals surface area (Å²) < 4.78 is 1.98. The van der Waals surface area contributed by atoms with Crippen molar-refractivity contribution in [3.05, 3.63) is 47.0 Å². The number of piperidine rings is 1. The van der Waals surface area contributed by atoms with Crippen molar-refractivity contribution in [2.45, 2.75) is 58.9 Å². The minimum Gasteiger partial charge on any atom is -0.337 e. The van der Waals surface area contributed by atoms with Crippen LogP contribution >= 0.6 is 0 Å². The molecule has 0 N–H and O–H groups in total. The first kappa shape index (κ1) is 17.6. The fourth-order valence-corrected chi connectivity index (χ4v) is 3.52. The van der Waals surface area contributed by atoms with Crippen LogP contribution in [0.5, 0.6) is 0 Å². The Morgan fingerprint density at radius 2 is 1.84 bits per heavy atom. The molecule has 2 aromatic rings. The molecule has 1 saturated heterocycles. The predicted molar refractivity (Wildman–Crippen MR) is 98.8 cm³/mol. The molecule has 3 rings (SSSR count). The number of likely N-dealkylation sites (tertiary alicyclic amines) is 1. The van der Waals surface area contributed by atoms with E-state index in [4.69, 9.17) is 0 Å². The quantitative estimate of drug-likeness (QED) is 0.838. The van der Waals surface area contributed by atoms with Gasteiger partial charge in [-0.25, -0.2) is 9.67 Å². The van der Waals surface area contributed by atoms with Gasteiger partial charge in [-0.2, -0.15) is 5.10 Å². The summed E-state index contributed by atoms with van der Waals surface area (Å²) in [5, 5.41) is 4.51. The first-order valence-electron chi connectivity index (χ1n) is 9.05. The third kappa shape index (κ3) is 3.75. The van der Waals surface area contributed by atoms with Crippen LogP contribution in [0.3, 0.4) is 0 Å². The molecule has 134 valence electrons. The maximum atomic E-state index is 12.9. The van der Waals surface area contributed by atoms with Crippen LogP contribution in [-0.4, -0.2) is 38.7 Å². The first-order valence-corrected chi connectivity index (χ1v) is 9.05. The summed E-state index contributed by atoms with van der Waals surface area (Å²) >= 11 is 0. The molecule has 1 atom stereocenters. The molecule has 1 aliphatic rings. The number of nitrogens with zero attached hydrogens (tertiary/aromatic N) is 4. The van der Waals surface area contributed by atoms with Crippen molar-refractivity contribution in [3.63, 3.8) is 0 Å². The standard InChI is InChI=1S/C20H28N4O/c1-14-21-15(2)24(22-14)18-7-6-12-23(13-18)19(25)16-8-10-17(11-9-16)20(3,4)5/h8-11,18H,6-7,12-13H2,1-5H3/t18-/m1/s1. The fraction of sp³-hybridized carbons (Fsp3) is 0.550. The molecule has 0 unspecified atom stereocenters. The average molecular weight is 340 g/mol. The fourth-order valence-electron chi connectivity index (χ4n) is 3.52. The Morgan fingerprint density at radius 3 is 2.40 bits per heavy atom. The topological polar surface area (TPSA) is 51.0 Å². The molecule has 0 spiro atoms. The van der Waals surface area contributed by atoms with Crippen molar-refractivity contribution in [2.75, 3.05) is 13.1 Å². The SMILES string of the molecule is Cc1nc(C)n([C@@H]2CCCN(C(=O)c3ccc(C(C)(C)C)cc3)C2)n1. The minimum atomic E-state index is 0.0975. The van der Waals surface area contributed by atoms with Gasteiger partial charge in [0, 0.05) is 18.7 Å². The van der Waals surface area contributed by atoms with Gasteiger partial charge in [0.05, 0.1) is 6.04 Å². The van der Waals surface area contributed by atoms with E-state index in [1.54, 1.807) is 0 Å². The number of hydrogen-bond acceptors (Lipinski definition) is 3. The molecule has 1 aromatic carbocycles. The van der Waals surface area contributed by atoms with Crippen LogP contribution in [0.1, 0.15) is 67.2 Å². The van der Waals surface area contributed by atoms with Crippen LogP contribution in [0, 0.1) is 13.8 Å². The van der Waals surface area contributed by atoms with E-state index in [1.807, 2.05) is 35.6 Å². The molecule has 1 fully saturated rings. The molecule has 1 aromatic heterocycles. The summed E-state index contributed by atoms with van der Waals surface area (Å²) in [6.45, 7) is 11.9. The van der Waals surface area contributed by atoms with Crippen molar-refractivity contribution in [1.29, 1.82) is 0 Å². The van der Waals surface area contributed by atoms with Crippen LogP contribution in [0.25, 0.3) is 0 Å². The van der Waals surface area contributed by atoms with Crippen LogP contribution in [0.15, 0.2) is 24.3 Å². The average Bonchev–Trinajstić information content (AvgIpc) is 2.92. The van der Waals surface area contributed by atoms with Crippen LogP contribution in [-0.2, 0) is 5.41 Å². The smallest absolute Gasteiger partial charge is 0.253 e. The number of aryl methyl sites for hydroxylation is 2. The predicted octanol–water partition coefficient (Wildman–Crippen LogP) is 3.67. The third-order valence-electron chi connectivity index (χ3n) is 4.94. The van der Waals surface area contributed by atoms with E-state index in [0.29, 0.717) is 6.54 Å². The van der Waals surface area contributed by atoms with E-state index in [0.717, 1.165) is 36.6 Å². The van der Waals surface area contributed by atoms with Crippen molar-refractivity contribution in [1.82, 2.24) is 19.7 Å². The molecule has 0 bridgehead atoms. The molecule has 1 aliphatic heterocycles.